The Labute approximate surface area is 171 Å². The third-order valence-corrected chi connectivity index (χ3v) is 5.32. The van der Waals surface area contributed by atoms with E-state index in [0.29, 0.717) is 16.0 Å². The number of thiophene rings is 1. The lowest BCUT2D eigenvalue weighted by Crippen LogP contribution is -2.28. The first-order valence-electron chi connectivity index (χ1n) is 8.54. The van der Waals surface area contributed by atoms with E-state index in [-0.39, 0.29) is 16.7 Å². The highest BCUT2D eigenvalue weighted by atomic mass is 32.1. The van der Waals surface area contributed by atoms with Crippen molar-refractivity contribution in [2.24, 2.45) is 7.05 Å². The van der Waals surface area contributed by atoms with Crippen LogP contribution in [0.1, 0.15) is 0 Å². The second kappa shape index (κ2) is 7.38. The van der Waals surface area contributed by atoms with E-state index in [1.165, 1.54) is 41.3 Å². The molecule has 6 nitrogen and oxygen atoms in total. The van der Waals surface area contributed by atoms with Crippen LogP contribution in [-0.4, -0.2) is 26.9 Å². The van der Waals surface area contributed by atoms with Gasteiger partial charge in [0.1, 0.15) is 11.4 Å². The summed E-state index contributed by atoms with van der Waals surface area (Å²) in [6, 6.07) is 9.25. The van der Waals surface area contributed by atoms with Crippen LogP contribution in [0.5, 0.6) is 5.75 Å². The zero-order chi connectivity index (χ0) is 21.5. The third kappa shape index (κ3) is 3.45. The van der Waals surface area contributed by atoms with Crippen molar-refractivity contribution in [1.82, 2.24) is 14.8 Å². The van der Waals surface area contributed by atoms with Gasteiger partial charge in [-0.25, -0.2) is 9.48 Å². The summed E-state index contributed by atoms with van der Waals surface area (Å²) in [5.41, 5.74) is 1.41. The molecule has 0 saturated heterocycles. The molecule has 152 valence electrons. The summed E-state index contributed by atoms with van der Waals surface area (Å²) < 4.78 is 44.3. The molecule has 4 aromatic rings. The van der Waals surface area contributed by atoms with E-state index in [4.69, 9.17) is 0 Å². The van der Waals surface area contributed by atoms with E-state index in [9.17, 15) is 22.8 Å². The number of halogens is 3. The maximum Gasteiger partial charge on any atom is 0.491 e. The molecule has 0 aliphatic carbocycles. The Kier molecular flexibility index (Phi) is 4.86. The summed E-state index contributed by atoms with van der Waals surface area (Å²) in [6.45, 7) is 0. The molecular formula is C20H12F3N3O3S. The molecule has 0 saturated carbocycles. The van der Waals surface area contributed by atoms with Crippen LogP contribution in [0, 0.1) is 0 Å². The van der Waals surface area contributed by atoms with Gasteiger partial charge in [-0.05, 0) is 18.2 Å². The number of hydrogen-bond acceptors (Lipinski definition) is 6. The lowest BCUT2D eigenvalue weighted by atomic mass is 10.0. The van der Waals surface area contributed by atoms with Gasteiger partial charge in [0.2, 0.25) is 0 Å². The molecule has 10 heteroatoms. The van der Waals surface area contributed by atoms with Crippen molar-refractivity contribution in [3.8, 4) is 28.1 Å². The number of nitrogens with zero attached hydrogens (tertiary/aromatic N) is 3. The van der Waals surface area contributed by atoms with Gasteiger partial charge in [-0.3, -0.25) is 9.78 Å². The molecule has 1 aromatic carbocycles. The lowest BCUT2D eigenvalue weighted by Gasteiger charge is -2.11. The fourth-order valence-corrected chi connectivity index (χ4v) is 4.05. The molecule has 0 unspecified atom stereocenters. The highest BCUT2D eigenvalue weighted by Crippen LogP contribution is 2.40. The standard InChI is InChI=1S/C20H12F3N3O3S/c1-26-18(27)15-13(10-30-17(15)16(25-26)11-6-8-24-9-7-11)12-4-2-3-5-14(12)29-19(28)20(21,22)23/h2-10H,1H3. The van der Waals surface area contributed by atoms with Gasteiger partial charge in [0.05, 0.1) is 10.1 Å². The Morgan fingerprint density at radius 1 is 1.10 bits per heavy atom. The highest BCUT2D eigenvalue weighted by Gasteiger charge is 2.41. The molecule has 0 fully saturated rings. The Balaban J connectivity index is 1.94. The third-order valence-electron chi connectivity index (χ3n) is 4.33. The van der Waals surface area contributed by atoms with Crippen LogP contribution in [0.4, 0.5) is 13.2 Å². The molecule has 0 radical (unpaired) electrons. The average Bonchev–Trinajstić information content (AvgIpc) is 3.16. The molecule has 4 rings (SSSR count). The highest BCUT2D eigenvalue weighted by molar-refractivity contribution is 7.18. The number of carbonyl (C=O) groups excluding carboxylic acids is 1. The van der Waals surface area contributed by atoms with Crippen LogP contribution in [0.15, 0.2) is 59.0 Å². The first-order chi connectivity index (χ1) is 14.3. The molecule has 0 aliphatic heterocycles. The number of rotatable bonds is 3. The van der Waals surface area contributed by atoms with Crippen molar-refractivity contribution in [1.29, 1.82) is 0 Å². The SMILES string of the molecule is Cn1nc(-c2ccncc2)c2scc(-c3ccccc3OC(=O)C(F)(F)F)c2c1=O. The van der Waals surface area contributed by atoms with Gasteiger partial charge in [0, 0.05) is 41.5 Å². The van der Waals surface area contributed by atoms with E-state index in [0.717, 1.165) is 5.56 Å². The van der Waals surface area contributed by atoms with Crippen molar-refractivity contribution in [3.05, 3.63) is 64.5 Å². The van der Waals surface area contributed by atoms with Crippen LogP contribution in [-0.2, 0) is 11.8 Å². The summed E-state index contributed by atoms with van der Waals surface area (Å²) in [4.78, 5) is 28.2. The zero-order valence-electron chi connectivity index (χ0n) is 15.3. The number of para-hydroxylation sites is 1. The van der Waals surface area contributed by atoms with Crippen LogP contribution >= 0.6 is 11.3 Å². The Hall–Kier alpha value is -3.53. The van der Waals surface area contributed by atoms with E-state index in [2.05, 4.69) is 14.8 Å². The molecule has 3 aromatic heterocycles. The number of ether oxygens (including phenoxy) is 1. The fraction of sp³-hybridized carbons (Fsp3) is 0.100. The van der Waals surface area contributed by atoms with Crippen molar-refractivity contribution in [3.63, 3.8) is 0 Å². The maximum absolute atomic E-state index is 12.9. The number of esters is 1. The Bertz CT molecular complexity index is 1310. The van der Waals surface area contributed by atoms with Crippen molar-refractivity contribution >= 4 is 27.4 Å². The Morgan fingerprint density at radius 2 is 1.80 bits per heavy atom. The molecule has 30 heavy (non-hydrogen) atoms. The second-order valence-corrected chi connectivity index (χ2v) is 7.13. The molecule has 0 atom stereocenters. The first-order valence-corrected chi connectivity index (χ1v) is 9.42. The van der Waals surface area contributed by atoms with Crippen molar-refractivity contribution < 1.29 is 22.7 Å². The van der Waals surface area contributed by atoms with E-state index < -0.39 is 17.7 Å². The van der Waals surface area contributed by atoms with E-state index in [1.54, 1.807) is 36.0 Å². The minimum Gasteiger partial charge on any atom is -0.419 e. The number of pyridine rings is 1. The molecule has 0 spiro atoms. The molecule has 0 amide bonds. The molecule has 0 aliphatic rings. The molecule has 0 bridgehead atoms. The topological polar surface area (TPSA) is 74.1 Å². The second-order valence-electron chi connectivity index (χ2n) is 6.25. The fourth-order valence-electron chi connectivity index (χ4n) is 2.98. The van der Waals surface area contributed by atoms with Crippen LogP contribution in [0.3, 0.4) is 0 Å². The minimum atomic E-state index is -5.14. The van der Waals surface area contributed by atoms with Crippen LogP contribution in [0.25, 0.3) is 32.5 Å². The van der Waals surface area contributed by atoms with E-state index >= 15 is 0 Å². The zero-order valence-corrected chi connectivity index (χ0v) is 16.1. The van der Waals surface area contributed by atoms with Gasteiger partial charge in [-0.15, -0.1) is 11.3 Å². The minimum absolute atomic E-state index is 0.199. The monoisotopic (exact) mass is 431 g/mol. The average molecular weight is 431 g/mol. The van der Waals surface area contributed by atoms with Crippen molar-refractivity contribution in [2.45, 2.75) is 6.18 Å². The summed E-state index contributed by atoms with van der Waals surface area (Å²) >= 11 is 1.23. The van der Waals surface area contributed by atoms with Crippen molar-refractivity contribution in [2.75, 3.05) is 0 Å². The number of benzene rings is 1. The lowest BCUT2D eigenvalue weighted by molar-refractivity contribution is -0.189. The number of aryl methyl sites for hydroxylation is 1. The molecule has 3 heterocycles. The number of carbonyl (C=O) groups is 1. The van der Waals surface area contributed by atoms with Gasteiger partial charge >= 0.3 is 12.1 Å². The largest absolute Gasteiger partial charge is 0.491 e. The molecular weight excluding hydrogens is 419 g/mol. The number of hydrogen-bond donors (Lipinski definition) is 0. The number of alkyl halides is 3. The smallest absolute Gasteiger partial charge is 0.419 e. The van der Waals surface area contributed by atoms with E-state index in [1.807, 2.05) is 0 Å². The maximum atomic E-state index is 12.9. The van der Waals surface area contributed by atoms with Gasteiger partial charge in [0.15, 0.2) is 0 Å². The predicted molar refractivity (Wildman–Crippen MR) is 105 cm³/mol. The summed E-state index contributed by atoms with van der Waals surface area (Å²) in [6.07, 6.45) is -1.96. The first kappa shape index (κ1) is 19.8. The van der Waals surface area contributed by atoms with Crippen LogP contribution < -0.4 is 10.3 Å². The summed E-state index contributed by atoms with van der Waals surface area (Å²) in [5, 5.41) is 6.25. The Morgan fingerprint density at radius 3 is 2.50 bits per heavy atom. The summed E-state index contributed by atoms with van der Waals surface area (Å²) in [5.74, 6) is -2.62. The number of aromatic nitrogens is 3. The predicted octanol–water partition coefficient (Wildman–Crippen LogP) is 4.19. The summed E-state index contributed by atoms with van der Waals surface area (Å²) in [7, 11) is 1.49. The van der Waals surface area contributed by atoms with Crippen LogP contribution in [0.2, 0.25) is 0 Å². The van der Waals surface area contributed by atoms with Gasteiger partial charge < -0.3 is 4.74 Å². The van der Waals surface area contributed by atoms with Gasteiger partial charge in [-0.2, -0.15) is 18.3 Å². The number of fused-ring (bicyclic) bond motifs is 1. The normalized spacial score (nSPS) is 11.6. The van der Waals surface area contributed by atoms with Gasteiger partial charge in [-0.1, -0.05) is 18.2 Å². The molecule has 0 N–H and O–H groups in total. The quantitative estimate of drug-likeness (QED) is 0.359. The van der Waals surface area contributed by atoms with Gasteiger partial charge in [0.25, 0.3) is 5.56 Å².